The summed E-state index contributed by atoms with van der Waals surface area (Å²) in [5, 5.41) is 6.33. The average Bonchev–Trinajstić information content (AvgIpc) is 2.95. The number of carbonyl (C=O) groups excluding carboxylic acids is 3. The highest BCUT2D eigenvalue weighted by Crippen LogP contribution is 2.26. The van der Waals surface area contributed by atoms with Crippen LogP contribution >= 0.6 is 0 Å². The monoisotopic (exact) mass is 377 g/mol. The molecular weight excluding hydrogens is 354 g/mol. The maximum Gasteiger partial charge on any atom is 0.261 e. The van der Waals surface area contributed by atoms with E-state index in [0.717, 1.165) is 25.1 Å². The van der Waals surface area contributed by atoms with Crippen molar-refractivity contribution in [3.8, 4) is 0 Å². The minimum Gasteiger partial charge on any atom is -0.348 e. The first kappa shape index (κ1) is 18.4. The van der Waals surface area contributed by atoms with E-state index < -0.39 is 0 Å². The first-order valence-corrected chi connectivity index (χ1v) is 9.60. The van der Waals surface area contributed by atoms with Crippen molar-refractivity contribution in [1.29, 1.82) is 0 Å². The zero-order valence-electron chi connectivity index (χ0n) is 15.8. The molecule has 2 atom stereocenters. The molecule has 0 aromatic heterocycles. The molecule has 2 aliphatic heterocycles. The second kappa shape index (κ2) is 7.56. The Hall–Kier alpha value is -2.99. The Morgan fingerprint density at radius 3 is 2.61 bits per heavy atom. The minimum atomic E-state index is -0.355. The zero-order chi connectivity index (χ0) is 19.7. The topological polar surface area (TPSA) is 78.5 Å². The number of nitrogens with one attached hydrogen (secondary N) is 2. The molecule has 2 N–H and O–H groups in total. The van der Waals surface area contributed by atoms with Crippen LogP contribution in [0.15, 0.2) is 48.5 Å². The summed E-state index contributed by atoms with van der Waals surface area (Å²) in [6, 6.07) is 14.2. The van der Waals surface area contributed by atoms with Crippen molar-refractivity contribution >= 4 is 17.7 Å². The lowest BCUT2D eigenvalue weighted by atomic mass is 9.94. The second-order valence-electron chi connectivity index (χ2n) is 7.49. The maximum atomic E-state index is 12.8. The molecule has 1 saturated heterocycles. The minimum absolute atomic E-state index is 0.0569. The normalized spacial score (nSPS) is 21.5. The summed E-state index contributed by atoms with van der Waals surface area (Å²) in [5.74, 6) is -0.499. The number of benzene rings is 2. The van der Waals surface area contributed by atoms with Gasteiger partial charge < -0.3 is 10.6 Å². The van der Waals surface area contributed by atoms with E-state index in [0.29, 0.717) is 22.6 Å². The number of fused-ring (bicyclic) bond motifs is 1. The number of rotatable bonds is 4. The van der Waals surface area contributed by atoms with E-state index in [2.05, 4.69) is 17.6 Å². The third-order valence-electron chi connectivity index (χ3n) is 5.56. The van der Waals surface area contributed by atoms with Crippen molar-refractivity contribution in [2.75, 3.05) is 13.1 Å². The molecule has 6 nitrogen and oxygen atoms in total. The molecule has 0 bridgehead atoms. The Kier molecular flexibility index (Phi) is 4.96. The molecule has 2 aliphatic rings. The molecule has 2 aromatic rings. The summed E-state index contributed by atoms with van der Waals surface area (Å²) >= 11 is 0. The highest BCUT2D eigenvalue weighted by Gasteiger charge is 2.36. The fourth-order valence-corrected chi connectivity index (χ4v) is 3.78. The molecule has 0 radical (unpaired) electrons. The predicted molar refractivity (Wildman–Crippen MR) is 105 cm³/mol. The van der Waals surface area contributed by atoms with E-state index in [4.69, 9.17) is 0 Å². The van der Waals surface area contributed by atoms with Crippen LogP contribution in [0.3, 0.4) is 0 Å². The molecule has 3 amide bonds. The summed E-state index contributed by atoms with van der Waals surface area (Å²) in [6.45, 7) is 4.04. The number of amides is 3. The quantitative estimate of drug-likeness (QED) is 0.801. The maximum absolute atomic E-state index is 12.8. The van der Waals surface area contributed by atoms with Crippen LogP contribution in [0.4, 0.5) is 0 Å². The number of nitrogens with zero attached hydrogens (tertiary/aromatic N) is 1. The first-order valence-electron chi connectivity index (χ1n) is 9.60. The van der Waals surface area contributed by atoms with Crippen molar-refractivity contribution in [3.05, 3.63) is 70.8 Å². The summed E-state index contributed by atoms with van der Waals surface area (Å²) in [7, 11) is 0. The van der Waals surface area contributed by atoms with Crippen molar-refractivity contribution in [1.82, 2.24) is 15.5 Å². The fraction of sp³-hybridized carbons (Fsp3) is 0.318. The summed E-state index contributed by atoms with van der Waals surface area (Å²) in [4.78, 5) is 39.3. The van der Waals surface area contributed by atoms with Crippen LogP contribution in [0.1, 0.15) is 50.0 Å². The predicted octanol–water partition coefficient (Wildman–Crippen LogP) is 2.21. The van der Waals surface area contributed by atoms with Crippen molar-refractivity contribution in [3.63, 3.8) is 0 Å². The number of hydrogen-bond acceptors (Lipinski definition) is 4. The third-order valence-corrected chi connectivity index (χ3v) is 5.56. The lowest BCUT2D eigenvalue weighted by molar-refractivity contribution is 0.0642. The summed E-state index contributed by atoms with van der Waals surface area (Å²) in [6.07, 6.45) is 1.01. The van der Waals surface area contributed by atoms with Gasteiger partial charge in [0, 0.05) is 18.2 Å². The Bertz CT molecular complexity index is 926. The van der Waals surface area contributed by atoms with Gasteiger partial charge in [-0.1, -0.05) is 37.3 Å². The first-order chi connectivity index (χ1) is 13.5. The molecule has 4 rings (SSSR count). The van der Waals surface area contributed by atoms with Gasteiger partial charge in [-0.2, -0.15) is 0 Å². The van der Waals surface area contributed by atoms with Crippen LogP contribution in [0, 0.1) is 5.92 Å². The van der Waals surface area contributed by atoms with Gasteiger partial charge in [0.15, 0.2) is 0 Å². The lowest BCUT2D eigenvalue weighted by Gasteiger charge is -2.30. The highest BCUT2D eigenvalue weighted by atomic mass is 16.2. The van der Waals surface area contributed by atoms with Gasteiger partial charge in [0.1, 0.15) is 0 Å². The Morgan fingerprint density at radius 2 is 1.86 bits per heavy atom. The molecular formula is C22H23N3O3. The van der Waals surface area contributed by atoms with Crippen LogP contribution in [0.25, 0.3) is 0 Å². The van der Waals surface area contributed by atoms with Crippen LogP contribution in [0.2, 0.25) is 0 Å². The fourth-order valence-electron chi connectivity index (χ4n) is 3.78. The van der Waals surface area contributed by atoms with E-state index in [1.807, 2.05) is 30.3 Å². The van der Waals surface area contributed by atoms with Gasteiger partial charge in [0.2, 0.25) is 0 Å². The smallest absolute Gasteiger partial charge is 0.261 e. The summed E-state index contributed by atoms with van der Waals surface area (Å²) < 4.78 is 0. The van der Waals surface area contributed by atoms with E-state index in [1.165, 1.54) is 11.0 Å². The van der Waals surface area contributed by atoms with Crippen LogP contribution < -0.4 is 10.6 Å². The second-order valence-corrected chi connectivity index (χ2v) is 7.49. The van der Waals surface area contributed by atoms with Crippen molar-refractivity contribution in [2.45, 2.75) is 25.9 Å². The van der Waals surface area contributed by atoms with Gasteiger partial charge in [-0.25, -0.2) is 0 Å². The van der Waals surface area contributed by atoms with Gasteiger partial charge in [-0.05, 0) is 42.6 Å². The van der Waals surface area contributed by atoms with Crippen LogP contribution in [-0.2, 0) is 6.54 Å². The Labute approximate surface area is 163 Å². The van der Waals surface area contributed by atoms with E-state index in [-0.39, 0.29) is 30.3 Å². The molecule has 0 saturated carbocycles. The highest BCUT2D eigenvalue weighted by molar-refractivity contribution is 6.22. The molecule has 0 aliphatic carbocycles. The van der Waals surface area contributed by atoms with Gasteiger partial charge in [0.05, 0.1) is 17.7 Å². The molecule has 144 valence electrons. The van der Waals surface area contributed by atoms with Crippen molar-refractivity contribution in [2.24, 2.45) is 5.92 Å². The van der Waals surface area contributed by atoms with Gasteiger partial charge in [0.25, 0.3) is 17.7 Å². The number of carbonyl (C=O) groups is 3. The summed E-state index contributed by atoms with van der Waals surface area (Å²) in [5.41, 5.74) is 1.93. The molecule has 6 heteroatoms. The van der Waals surface area contributed by atoms with Crippen molar-refractivity contribution < 1.29 is 14.4 Å². The molecule has 2 heterocycles. The van der Waals surface area contributed by atoms with Gasteiger partial charge >= 0.3 is 0 Å². The Balaban J connectivity index is 1.52. The number of imide groups is 1. The average molecular weight is 377 g/mol. The zero-order valence-corrected chi connectivity index (χ0v) is 15.8. The van der Waals surface area contributed by atoms with E-state index in [9.17, 15) is 14.4 Å². The molecule has 28 heavy (non-hydrogen) atoms. The third kappa shape index (κ3) is 3.43. The van der Waals surface area contributed by atoms with Gasteiger partial charge in [-0.3, -0.25) is 19.3 Å². The lowest BCUT2D eigenvalue weighted by Crippen LogP contribution is -2.50. The Morgan fingerprint density at radius 1 is 1.11 bits per heavy atom. The number of hydrogen-bond donors (Lipinski definition) is 2. The number of piperidine rings is 1. The standard InChI is InChI=1S/C22H23N3O3/c1-14-9-10-23-12-19(14)24-20(26)16-7-8-17-18(11-16)22(28)25(21(17)27)13-15-5-3-2-4-6-15/h2-8,11,14,19,23H,9-10,12-13H2,1H3,(H,24,26). The van der Waals surface area contributed by atoms with Gasteiger partial charge in [-0.15, -0.1) is 0 Å². The molecule has 1 fully saturated rings. The molecule has 2 unspecified atom stereocenters. The van der Waals surface area contributed by atoms with Crippen LogP contribution in [-0.4, -0.2) is 41.8 Å². The van der Waals surface area contributed by atoms with E-state index >= 15 is 0 Å². The SMILES string of the molecule is CC1CCNCC1NC(=O)c1ccc2c(c1)C(=O)N(Cc1ccccc1)C2=O. The largest absolute Gasteiger partial charge is 0.348 e. The van der Waals surface area contributed by atoms with Crippen LogP contribution in [0.5, 0.6) is 0 Å². The van der Waals surface area contributed by atoms with E-state index in [1.54, 1.807) is 12.1 Å². The molecule has 0 spiro atoms. The molecule has 2 aromatic carbocycles.